The first-order chi connectivity index (χ1) is 21.9. The molecule has 6 bridgehead atoms. The summed E-state index contributed by atoms with van der Waals surface area (Å²) >= 11 is -2.17. The summed E-state index contributed by atoms with van der Waals surface area (Å²) in [5.41, 5.74) is 4.39. The van der Waals surface area contributed by atoms with Crippen LogP contribution in [0.15, 0.2) is 126 Å². The van der Waals surface area contributed by atoms with E-state index in [9.17, 15) is 13.0 Å². The van der Waals surface area contributed by atoms with Crippen LogP contribution in [0.3, 0.4) is 0 Å². The predicted molar refractivity (Wildman–Crippen MR) is 171 cm³/mol. The van der Waals surface area contributed by atoms with Gasteiger partial charge in [-0.25, -0.2) is 0 Å². The molecule has 4 aliphatic rings. The van der Waals surface area contributed by atoms with Crippen molar-refractivity contribution in [2.75, 3.05) is 0 Å². The normalized spacial score (nSPS) is 15.6. The summed E-state index contributed by atoms with van der Waals surface area (Å²) in [6.07, 6.45) is 0. The van der Waals surface area contributed by atoms with Crippen LogP contribution < -0.4 is 11.0 Å². The Morgan fingerprint density at radius 2 is 0.978 bits per heavy atom. The van der Waals surface area contributed by atoms with Crippen LogP contribution in [0.25, 0.3) is 21.5 Å². The van der Waals surface area contributed by atoms with Crippen molar-refractivity contribution >= 4 is 90.1 Å². The van der Waals surface area contributed by atoms with Crippen LogP contribution in [-0.4, -0.2) is 64.9 Å². The molecule has 1 N–H and O–H groups in total. The summed E-state index contributed by atoms with van der Waals surface area (Å²) in [4.78, 5) is 30.3. The maximum atomic E-state index is 12.1. The predicted octanol–water partition coefficient (Wildman–Crippen LogP) is 3.72. The fraction of sp³-hybridized carbons (Fsp3) is 0. The van der Waals surface area contributed by atoms with Gasteiger partial charge >= 0.3 is 267 Å². The molecule has 13 heteroatoms. The molecule has 11 nitrogen and oxygen atoms in total. The van der Waals surface area contributed by atoms with E-state index >= 15 is 0 Å². The number of benzene rings is 4. The third kappa shape index (κ3) is 3.53. The third-order valence-corrected chi connectivity index (χ3v) is 13.4. The second-order valence-corrected chi connectivity index (χ2v) is 16.0. The van der Waals surface area contributed by atoms with Crippen molar-refractivity contribution in [2.45, 2.75) is 4.90 Å². The summed E-state index contributed by atoms with van der Waals surface area (Å²) in [5.74, 6) is 3.32. The average molecular weight is 707 g/mol. The fourth-order valence-corrected chi connectivity index (χ4v) is 11.0. The van der Waals surface area contributed by atoms with Crippen molar-refractivity contribution in [2.24, 2.45) is 30.0 Å². The molecule has 0 spiro atoms. The van der Waals surface area contributed by atoms with E-state index in [1.807, 2.05) is 72.8 Å². The summed E-state index contributed by atoms with van der Waals surface area (Å²) in [7, 11) is -4.46. The molecule has 0 amide bonds. The number of rotatable bonds is 1. The zero-order chi connectivity index (χ0) is 30.0. The zero-order valence-electron chi connectivity index (χ0n) is 23.0. The monoisotopic (exact) mass is 707 g/mol. The SMILES string of the molecule is O=S(=O)(O)c1ccc2c(c1)C1=Nc3c4ccccc4c4[n]3[In][n]3c(c5ccccc5c3=NC2=N1)=NC1=NC(=N4)c2ccccc21. The van der Waals surface area contributed by atoms with Crippen LogP contribution in [0.4, 0.5) is 11.6 Å². The Labute approximate surface area is 266 Å². The van der Waals surface area contributed by atoms with Gasteiger partial charge in [-0.3, -0.25) is 0 Å². The van der Waals surface area contributed by atoms with Gasteiger partial charge in [0, 0.05) is 0 Å². The summed E-state index contributed by atoms with van der Waals surface area (Å²) in [6.45, 7) is 0. The van der Waals surface area contributed by atoms with Crippen LogP contribution >= 0.6 is 0 Å². The number of nitrogens with zero attached hydrogens (tertiary/aromatic N) is 8. The Kier molecular flexibility index (Phi) is 4.96. The first kappa shape index (κ1) is 25.4. The van der Waals surface area contributed by atoms with E-state index in [0.717, 1.165) is 44.0 Å². The van der Waals surface area contributed by atoms with Crippen LogP contribution in [0.1, 0.15) is 22.3 Å². The van der Waals surface area contributed by atoms with Crippen molar-refractivity contribution in [1.29, 1.82) is 0 Å². The van der Waals surface area contributed by atoms with Gasteiger partial charge < -0.3 is 0 Å². The number of hydrogen-bond donors (Lipinski definition) is 1. The van der Waals surface area contributed by atoms with E-state index in [2.05, 4.69) is 5.11 Å². The molecular formula is C32H16InN8O3S. The van der Waals surface area contributed by atoms with E-state index in [-0.39, 0.29) is 4.90 Å². The third-order valence-electron chi connectivity index (χ3n) is 8.41. The number of fused-ring (bicyclic) bond motifs is 14. The molecule has 0 unspecified atom stereocenters. The Balaban J connectivity index is 1.44. The van der Waals surface area contributed by atoms with Gasteiger partial charge in [-0.05, 0) is 0 Å². The molecule has 4 aromatic carbocycles. The van der Waals surface area contributed by atoms with E-state index in [1.54, 1.807) is 6.07 Å². The molecular weight excluding hydrogens is 691 g/mol. The number of aliphatic imine (C=N–C) groups is 4. The van der Waals surface area contributed by atoms with Crippen LogP contribution in [0, 0.1) is 0 Å². The van der Waals surface area contributed by atoms with E-state index in [1.165, 1.54) is 12.1 Å². The van der Waals surface area contributed by atoms with E-state index in [4.69, 9.17) is 30.0 Å². The molecule has 0 atom stereocenters. The Bertz CT molecular complexity index is 2770. The Hall–Kier alpha value is -4.98. The first-order valence-electron chi connectivity index (χ1n) is 14.0. The molecule has 6 heterocycles. The van der Waals surface area contributed by atoms with Crippen LogP contribution in [0.5, 0.6) is 0 Å². The summed E-state index contributed by atoms with van der Waals surface area (Å²) in [5, 5.41) is 3.66. The minimum absolute atomic E-state index is 0.237. The van der Waals surface area contributed by atoms with E-state index in [0.29, 0.717) is 45.8 Å². The topological polar surface area (TPSA) is 138 Å². The molecule has 4 aliphatic heterocycles. The van der Waals surface area contributed by atoms with Crippen molar-refractivity contribution in [3.8, 4) is 0 Å². The molecule has 6 aromatic rings. The van der Waals surface area contributed by atoms with Gasteiger partial charge in [0.1, 0.15) is 0 Å². The zero-order valence-corrected chi connectivity index (χ0v) is 27.1. The number of hydrogen-bond acceptors (Lipinski definition) is 8. The van der Waals surface area contributed by atoms with Crippen molar-refractivity contribution in [1.82, 2.24) is 5.11 Å². The molecule has 0 saturated carbocycles. The molecule has 10 rings (SSSR count). The van der Waals surface area contributed by atoms with Crippen molar-refractivity contribution < 1.29 is 13.0 Å². The van der Waals surface area contributed by atoms with Gasteiger partial charge in [-0.1, -0.05) is 0 Å². The first-order valence-corrected chi connectivity index (χ1v) is 18.4. The van der Waals surface area contributed by atoms with Gasteiger partial charge in [0.05, 0.1) is 0 Å². The standard InChI is InChI=1S/C32H16N8O3S.In/c41-44(42,43)16-13-14-23-24(15-16)32-39-30-22-12-6-5-11-21(22)28(37-30)35-26-18-8-2-1-7-17(18)25(33-26)34-27-19-9-3-4-10-20(19)29(36-27)38-31(23)40-32;/h1-15H,(H-2,33,34,35,36,37,38,39,40,41,42,43);/q-2;+2. The van der Waals surface area contributed by atoms with Gasteiger partial charge in [0.25, 0.3) is 0 Å². The molecule has 211 valence electrons. The quantitative estimate of drug-likeness (QED) is 0.261. The fourth-order valence-electron chi connectivity index (χ4n) is 6.38. The second-order valence-electron chi connectivity index (χ2n) is 10.9. The van der Waals surface area contributed by atoms with Gasteiger partial charge in [0.15, 0.2) is 0 Å². The Morgan fingerprint density at radius 3 is 1.53 bits per heavy atom. The van der Waals surface area contributed by atoms with Gasteiger partial charge in [-0.2, -0.15) is 0 Å². The number of aromatic nitrogens is 2. The van der Waals surface area contributed by atoms with Gasteiger partial charge in [0.2, 0.25) is 0 Å². The average Bonchev–Trinajstić information content (AvgIpc) is 3.74. The van der Waals surface area contributed by atoms with Crippen LogP contribution in [-0.2, 0) is 10.1 Å². The van der Waals surface area contributed by atoms with Crippen molar-refractivity contribution in [3.05, 3.63) is 124 Å². The second kappa shape index (κ2) is 8.81. The van der Waals surface area contributed by atoms with E-state index < -0.39 is 33.6 Å². The molecule has 1 radical (unpaired) electrons. The van der Waals surface area contributed by atoms with Crippen molar-refractivity contribution in [3.63, 3.8) is 0 Å². The molecule has 0 fully saturated rings. The molecule has 0 aliphatic carbocycles. The summed E-state index contributed by atoms with van der Waals surface area (Å²) in [6, 6.07) is 28.4. The molecule has 45 heavy (non-hydrogen) atoms. The summed E-state index contributed by atoms with van der Waals surface area (Å²) < 4.78 is 38.6. The minimum atomic E-state index is -4.46. The Morgan fingerprint density at radius 1 is 0.511 bits per heavy atom. The molecule has 0 saturated heterocycles. The van der Waals surface area contributed by atoms with Gasteiger partial charge in [-0.15, -0.1) is 0 Å². The maximum absolute atomic E-state index is 12.1. The van der Waals surface area contributed by atoms with Crippen LogP contribution in [0.2, 0.25) is 0 Å². The molecule has 2 aromatic heterocycles. The number of amidine groups is 4.